The van der Waals surface area contributed by atoms with E-state index in [-0.39, 0.29) is 17.9 Å². The summed E-state index contributed by atoms with van der Waals surface area (Å²) >= 11 is 1.54. The predicted molar refractivity (Wildman–Crippen MR) is 97.4 cm³/mol. The molecule has 1 aliphatic carbocycles. The Hall–Kier alpha value is -2.29. The van der Waals surface area contributed by atoms with Gasteiger partial charge in [0.25, 0.3) is 0 Å². The van der Waals surface area contributed by atoms with E-state index in [1.165, 1.54) is 24.2 Å². The van der Waals surface area contributed by atoms with E-state index in [1.54, 1.807) is 0 Å². The van der Waals surface area contributed by atoms with Crippen LogP contribution in [-0.2, 0) is 4.79 Å². The zero-order valence-corrected chi connectivity index (χ0v) is 15.3. The first-order chi connectivity index (χ1) is 12.0. The minimum absolute atomic E-state index is 0.0618. The van der Waals surface area contributed by atoms with Crippen LogP contribution in [0.4, 0.5) is 22.5 Å². The molecule has 3 heterocycles. The van der Waals surface area contributed by atoms with Crippen LogP contribution < -0.4 is 16.0 Å². The van der Waals surface area contributed by atoms with Gasteiger partial charge in [-0.3, -0.25) is 4.79 Å². The number of anilines is 4. The summed E-state index contributed by atoms with van der Waals surface area (Å²) < 4.78 is 0. The number of rotatable bonds is 5. The van der Waals surface area contributed by atoms with Crippen LogP contribution in [0.2, 0.25) is 0 Å². The van der Waals surface area contributed by atoms with Crippen LogP contribution in [-0.4, -0.2) is 32.1 Å². The molecule has 0 bridgehead atoms. The molecule has 132 valence electrons. The molecule has 4 rings (SSSR count). The molecule has 1 fully saturated rings. The molecule has 2 unspecified atom stereocenters. The van der Waals surface area contributed by atoms with Crippen LogP contribution in [0.3, 0.4) is 0 Å². The Bertz CT molecular complexity index is 817. The second-order valence-electron chi connectivity index (χ2n) is 6.68. The molecule has 8 nitrogen and oxygen atoms in total. The largest absolute Gasteiger partial charge is 0.356 e. The molecule has 2 aromatic heterocycles. The van der Waals surface area contributed by atoms with Crippen LogP contribution in [0.1, 0.15) is 49.9 Å². The van der Waals surface area contributed by atoms with E-state index in [2.05, 4.69) is 50.0 Å². The van der Waals surface area contributed by atoms with Gasteiger partial charge in [-0.05, 0) is 25.7 Å². The fourth-order valence-electron chi connectivity index (χ4n) is 2.82. The third-order valence-corrected chi connectivity index (χ3v) is 5.65. The van der Waals surface area contributed by atoms with Gasteiger partial charge in [-0.25, -0.2) is 9.97 Å². The Labute approximate surface area is 149 Å². The molecule has 9 heteroatoms. The van der Waals surface area contributed by atoms with Crippen molar-refractivity contribution >= 4 is 39.7 Å². The first-order valence-electron chi connectivity index (χ1n) is 8.61. The van der Waals surface area contributed by atoms with Crippen LogP contribution in [0.5, 0.6) is 0 Å². The quantitative estimate of drug-likeness (QED) is 0.753. The highest BCUT2D eigenvalue weighted by Gasteiger charge is 2.33. The summed E-state index contributed by atoms with van der Waals surface area (Å²) in [6.45, 7) is 5.95. The Morgan fingerprint density at radius 3 is 2.84 bits per heavy atom. The lowest BCUT2D eigenvalue weighted by Gasteiger charge is -2.30. The van der Waals surface area contributed by atoms with Crippen molar-refractivity contribution in [2.45, 2.75) is 52.0 Å². The number of aryl methyl sites for hydroxylation is 1. The first kappa shape index (κ1) is 16.2. The highest BCUT2D eigenvalue weighted by Crippen LogP contribution is 2.43. The maximum Gasteiger partial charge on any atom is 0.247 e. The second-order valence-corrected chi connectivity index (χ2v) is 7.69. The molecule has 0 spiro atoms. The van der Waals surface area contributed by atoms with Gasteiger partial charge in [0.15, 0.2) is 11.6 Å². The molecule has 2 aliphatic rings. The fraction of sp³-hybridized carbons (Fsp3) is 0.562. The highest BCUT2D eigenvalue weighted by atomic mass is 32.1. The number of amides is 1. The standard InChI is InChI=1S/C16H21N7OS/c1-4-7(2)10-14(24)20-11-12(19-10)17-8(3)18-13(11)21-16-23-22-15(25-16)9-5-6-9/h7,9-10H,4-6H2,1-3H3,(H,20,24)(H2,17,18,19,21,23). The molecule has 0 saturated heterocycles. The van der Waals surface area contributed by atoms with Gasteiger partial charge in [0, 0.05) is 5.92 Å². The Morgan fingerprint density at radius 2 is 2.12 bits per heavy atom. The van der Waals surface area contributed by atoms with Crippen LogP contribution >= 0.6 is 11.3 Å². The lowest BCUT2D eigenvalue weighted by atomic mass is 9.97. The Balaban J connectivity index is 1.63. The number of aromatic nitrogens is 4. The highest BCUT2D eigenvalue weighted by molar-refractivity contribution is 7.15. The van der Waals surface area contributed by atoms with E-state index in [0.717, 1.165) is 11.4 Å². The fourth-order valence-corrected chi connectivity index (χ4v) is 3.73. The van der Waals surface area contributed by atoms with Gasteiger partial charge in [0.2, 0.25) is 11.0 Å². The van der Waals surface area contributed by atoms with Gasteiger partial charge < -0.3 is 16.0 Å². The minimum atomic E-state index is -0.289. The molecule has 2 aromatic rings. The number of fused-ring (bicyclic) bond motifs is 1. The Morgan fingerprint density at radius 1 is 1.32 bits per heavy atom. The molecule has 3 N–H and O–H groups in total. The molecular weight excluding hydrogens is 338 g/mol. The molecule has 25 heavy (non-hydrogen) atoms. The number of carbonyl (C=O) groups excluding carboxylic acids is 1. The molecule has 0 aromatic carbocycles. The predicted octanol–water partition coefficient (Wildman–Crippen LogP) is 3.04. The maximum absolute atomic E-state index is 12.5. The van der Waals surface area contributed by atoms with Gasteiger partial charge in [-0.1, -0.05) is 31.6 Å². The van der Waals surface area contributed by atoms with E-state index in [1.807, 2.05) is 6.92 Å². The van der Waals surface area contributed by atoms with Crippen molar-refractivity contribution in [2.75, 3.05) is 16.0 Å². The number of nitrogens with one attached hydrogen (secondary N) is 3. The van der Waals surface area contributed by atoms with Crippen molar-refractivity contribution < 1.29 is 4.79 Å². The molecule has 1 amide bonds. The topological polar surface area (TPSA) is 105 Å². The average molecular weight is 359 g/mol. The number of hydrogen-bond donors (Lipinski definition) is 3. The third kappa shape index (κ3) is 3.15. The van der Waals surface area contributed by atoms with E-state index in [0.29, 0.717) is 34.2 Å². The molecule has 0 radical (unpaired) electrons. The van der Waals surface area contributed by atoms with Crippen molar-refractivity contribution in [3.8, 4) is 0 Å². The molecule has 1 aliphatic heterocycles. The lowest BCUT2D eigenvalue weighted by Crippen LogP contribution is -2.43. The van der Waals surface area contributed by atoms with Crippen molar-refractivity contribution in [1.29, 1.82) is 0 Å². The zero-order valence-electron chi connectivity index (χ0n) is 14.5. The summed E-state index contributed by atoms with van der Waals surface area (Å²) in [6.07, 6.45) is 3.28. The van der Waals surface area contributed by atoms with Crippen LogP contribution in [0, 0.1) is 12.8 Å². The summed E-state index contributed by atoms with van der Waals surface area (Å²) in [7, 11) is 0. The van der Waals surface area contributed by atoms with Gasteiger partial charge in [0.1, 0.15) is 22.6 Å². The summed E-state index contributed by atoms with van der Waals surface area (Å²) in [5, 5.41) is 19.6. The monoisotopic (exact) mass is 359 g/mol. The smallest absolute Gasteiger partial charge is 0.247 e. The van der Waals surface area contributed by atoms with E-state index in [4.69, 9.17) is 0 Å². The van der Waals surface area contributed by atoms with Crippen LogP contribution in [0.15, 0.2) is 0 Å². The van der Waals surface area contributed by atoms with Crippen molar-refractivity contribution in [3.05, 3.63) is 10.8 Å². The van der Waals surface area contributed by atoms with E-state index < -0.39 is 0 Å². The summed E-state index contributed by atoms with van der Waals surface area (Å²) in [5.41, 5.74) is 0.568. The Kier molecular flexibility index (Phi) is 4.03. The average Bonchev–Trinajstić information content (AvgIpc) is 3.34. The molecule has 1 saturated carbocycles. The zero-order chi connectivity index (χ0) is 17.6. The summed E-state index contributed by atoms with van der Waals surface area (Å²) in [4.78, 5) is 21.4. The van der Waals surface area contributed by atoms with Crippen molar-refractivity contribution in [1.82, 2.24) is 20.2 Å². The normalized spacial score (nSPS) is 20.4. The number of hydrogen-bond acceptors (Lipinski definition) is 8. The third-order valence-electron chi connectivity index (χ3n) is 4.65. The lowest BCUT2D eigenvalue weighted by molar-refractivity contribution is -0.118. The van der Waals surface area contributed by atoms with Crippen LogP contribution in [0.25, 0.3) is 0 Å². The maximum atomic E-state index is 12.5. The molecule has 2 atom stereocenters. The van der Waals surface area contributed by atoms with Gasteiger partial charge >= 0.3 is 0 Å². The van der Waals surface area contributed by atoms with Crippen molar-refractivity contribution in [3.63, 3.8) is 0 Å². The first-order valence-corrected chi connectivity index (χ1v) is 9.43. The number of carbonyl (C=O) groups is 1. The van der Waals surface area contributed by atoms with E-state index in [9.17, 15) is 4.79 Å². The minimum Gasteiger partial charge on any atom is -0.356 e. The van der Waals surface area contributed by atoms with Gasteiger partial charge in [0.05, 0.1) is 0 Å². The SMILES string of the molecule is CCC(C)C1Nc2nc(C)nc(Nc3nnc(C4CC4)s3)c2NC1=O. The second kappa shape index (κ2) is 6.21. The summed E-state index contributed by atoms with van der Waals surface area (Å²) in [6, 6.07) is -0.289. The molecular formula is C16H21N7OS. The van der Waals surface area contributed by atoms with Crippen molar-refractivity contribution in [2.24, 2.45) is 5.92 Å². The van der Waals surface area contributed by atoms with Gasteiger partial charge in [-0.15, -0.1) is 10.2 Å². The summed E-state index contributed by atoms with van der Waals surface area (Å²) in [5.74, 6) is 2.53. The number of nitrogens with zero attached hydrogens (tertiary/aromatic N) is 4. The van der Waals surface area contributed by atoms with Gasteiger partial charge in [-0.2, -0.15) is 0 Å². The van der Waals surface area contributed by atoms with E-state index >= 15 is 0 Å².